The second kappa shape index (κ2) is 2.60. The van der Waals surface area contributed by atoms with E-state index in [0.29, 0.717) is 0 Å². The van der Waals surface area contributed by atoms with Gasteiger partial charge in [0.05, 0.1) is 0 Å². The number of rotatable bonds is 1. The fourth-order valence-corrected chi connectivity index (χ4v) is 1.78. The highest BCUT2D eigenvalue weighted by molar-refractivity contribution is 7.08. The van der Waals surface area contributed by atoms with Crippen molar-refractivity contribution in [3.8, 4) is 0 Å². The molecule has 1 aromatic heterocycles. The molecule has 0 aromatic carbocycles. The first kappa shape index (κ1) is 7.30. The fraction of sp³-hybridized carbons (Fsp3) is 0.143. The van der Waals surface area contributed by atoms with Gasteiger partial charge in [0.25, 0.3) is 5.91 Å². The molecule has 4 nitrogen and oxygen atoms in total. The average Bonchev–Trinajstić information content (AvgIpc) is 2.58. The molecule has 0 spiro atoms. The van der Waals surface area contributed by atoms with E-state index in [1.54, 1.807) is 0 Å². The zero-order valence-corrected chi connectivity index (χ0v) is 6.85. The topological polar surface area (TPSA) is 58.2 Å². The van der Waals surface area contributed by atoms with Crippen molar-refractivity contribution in [3.63, 3.8) is 0 Å². The maximum absolute atomic E-state index is 11.1. The lowest BCUT2D eigenvalue weighted by Crippen LogP contribution is -2.22. The number of urea groups is 1. The SMILES string of the molecule is O=C1NC(=O)C(c2ccsc2)N1. The van der Waals surface area contributed by atoms with Gasteiger partial charge in [-0.3, -0.25) is 10.1 Å². The predicted molar refractivity (Wildman–Crippen MR) is 43.7 cm³/mol. The molecule has 0 bridgehead atoms. The van der Waals surface area contributed by atoms with Crippen LogP contribution in [0.3, 0.4) is 0 Å². The molecule has 1 aliphatic heterocycles. The molecule has 1 fully saturated rings. The zero-order chi connectivity index (χ0) is 8.55. The Kier molecular flexibility index (Phi) is 1.58. The van der Waals surface area contributed by atoms with E-state index in [1.807, 2.05) is 16.8 Å². The maximum Gasteiger partial charge on any atom is 0.322 e. The summed E-state index contributed by atoms with van der Waals surface area (Å²) in [6, 6.07) is 0.903. The molecule has 2 heterocycles. The van der Waals surface area contributed by atoms with Crippen LogP contribution in [0.5, 0.6) is 0 Å². The number of nitrogens with one attached hydrogen (secondary N) is 2. The first-order valence-corrected chi connectivity index (χ1v) is 4.35. The molecule has 0 aliphatic carbocycles. The average molecular weight is 182 g/mol. The minimum atomic E-state index is -0.497. The van der Waals surface area contributed by atoms with Gasteiger partial charge in [-0.25, -0.2) is 4.79 Å². The lowest BCUT2D eigenvalue weighted by molar-refractivity contribution is -0.120. The molecule has 2 rings (SSSR count). The summed E-state index contributed by atoms with van der Waals surface area (Å²) >= 11 is 1.50. The van der Waals surface area contributed by atoms with Gasteiger partial charge in [-0.2, -0.15) is 11.3 Å². The number of carbonyl (C=O) groups is 2. The second-order valence-electron chi connectivity index (χ2n) is 2.45. The second-order valence-corrected chi connectivity index (χ2v) is 3.23. The minimum Gasteiger partial charge on any atom is -0.322 e. The zero-order valence-electron chi connectivity index (χ0n) is 6.03. The molecule has 62 valence electrons. The molecule has 0 radical (unpaired) electrons. The first-order valence-electron chi connectivity index (χ1n) is 3.41. The maximum atomic E-state index is 11.1. The highest BCUT2D eigenvalue weighted by atomic mass is 32.1. The van der Waals surface area contributed by atoms with Crippen LogP contribution in [0.4, 0.5) is 4.79 Å². The Hall–Kier alpha value is -1.36. The predicted octanol–water partition coefficient (Wildman–Crippen LogP) is 0.629. The van der Waals surface area contributed by atoms with Gasteiger partial charge >= 0.3 is 6.03 Å². The van der Waals surface area contributed by atoms with E-state index in [9.17, 15) is 9.59 Å². The number of hydrogen-bond acceptors (Lipinski definition) is 3. The smallest absolute Gasteiger partial charge is 0.322 e. The van der Waals surface area contributed by atoms with Crippen molar-refractivity contribution in [2.75, 3.05) is 0 Å². The van der Waals surface area contributed by atoms with Gasteiger partial charge in [0.15, 0.2) is 0 Å². The number of thiophene rings is 1. The summed E-state index contributed by atoms with van der Waals surface area (Å²) in [5.41, 5.74) is 0.836. The molecule has 1 aromatic rings. The molecular weight excluding hydrogens is 176 g/mol. The van der Waals surface area contributed by atoms with Crippen LogP contribution >= 0.6 is 11.3 Å². The third-order valence-electron chi connectivity index (χ3n) is 1.65. The Labute approximate surface area is 72.6 Å². The van der Waals surface area contributed by atoms with E-state index in [1.165, 1.54) is 11.3 Å². The van der Waals surface area contributed by atoms with E-state index in [-0.39, 0.29) is 5.91 Å². The van der Waals surface area contributed by atoms with Crippen molar-refractivity contribution in [2.45, 2.75) is 6.04 Å². The normalized spacial score (nSPS) is 22.2. The fourth-order valence-electron chi connectivity index (χ4n) is 1.09. The Morgan fingerprint density at radius 3 is 2.75 bits per heavy atom. The number of hydrogen-bond donors (Lipinski definition) is 2. The summed E-state index contributed by atoms with van der Waals surface area (Å²) in [5, 5.41) is 8.40. The Morgan fingerprint density at radius 2 is 2.25 bits per heavy atom. The molecule has 5 heteroatoms. The molecule has 0 saturated carbocycles. The first-order chi connectivity index (χ1) is 5.77. The largest absolute Gasteiger partial charge is 0.322 e. The van der Waals surface area contributed by atoms with Crippen molar-refractivity contribution in [1.82, 2.24) is 10.6 Å². The van der Waals surface area contributed by atoms with Crippen LogP contribution in [0.25, 0.3) is 0 Å². The summed E-state index contributed by atoms with van der Waals surface area (Å²) in [6.07, 6.45) is 0. The van der Waals surface area contributed by atoms with Crippen molar-refractivity contribution in [2.24, 2.45) is 0 Å². The molecule has 1 atom stereocenters. The third-order valence-corrected chi connectivity index (χ3v) is 2.35. The number of imide groups is 1. The molecule has 12 heavy (non-hydrogen) atoms. The van der Waals surface area contributed by atoms with Gasteiger partial charge in [-0.1, -0.05) is 0 Å². The summed E-state index contributed by atoms with van der Waals surface area (Å²) in [5.74, 6) is -0.279. The Bertz CT molecular complexity index is 320. The lowest BCUT2D eigenvalue weighted by atomic mass is 10.1. The van der Waals surface area contributed by atoms with E-state index < -0.39 is 12.1 Å². The van der Waals surface area contributed by atoms with E-state index in [4.69, 9.17) is 0 Å². The lowest BCUT2D eigenvalue weighted by Gasteiger charge is -2.01. The van der Waals surface area contributed by atoms with E-state index >= 15 is 0 Å². The van der Waals surface area contributed by atoms with Gasteiger partial charge in [-0.15, -0.1) is 0 Å². The van der Waals surface area contributed by atoms with Gasteiger partial charge in [0.2, 0.25) is 0 Å². The quantitative estimate of drug-likeness (QED) is 0.626. The van der Waals surface area contributed by atoms with Crippen LogP contribution in [-0.4, -0.2) is 11.9 Å². The molecule has 3 amide bonds. The van der Waals surface area contributed by atoms with Gasteiger partial charge in [-0.05, 0) is 22.4 Å². The van der Waals surface area contributed by atoms with Crippen LogP contribution in [0, 0.1) is 0 Å². The number of amides is 3. The molecule has 1 unspecified atom stereocenters. The van der Waals surface area contributed by atoms with E-state index in [2.05, 4.69) is 10.6 Å². The van der Waals surface area contributed by atoms with Crippen LogP contribution in [0.2, 0.25) is 0 Å². The monoisotopic (exact) mass is 182 g/mol. The molecule has 1 saturated heterocycles. The Balaban J connectivity index is 2.26. The number of carbonyl (C=O) groups excluding carboxylic acids is 2. The summed E-state index contributed by atoms with van der Waals surface area (Å²) in [6.45, 7) is 0. The van der Waals surface area contributed by atoms with Crippen molar-refractivity contribution >= 4 is 23.3 Å². The van der Waals surface area contributed by atoms with Crippen molar-refractivity contribution in [3.05, 3.63) is 22.4 Å². The van der Waals surface area contributed by atoms with Crippen molar-refractivity contribution in [1.29, 1.82) is 0 Å². The van der Waals surface area contributed by atoms with E-state index in [0.717, 1.165) is 5.56 Å². The van der Waals surface area contributed by atoms with Crippen LogP contribution in [-0.2, 0) is 4.79 Å². The third kappa shape index (κ3) is 1.08. The Morgan fingerprint density at radius 1 is 1.42 bits per heavy atom. The summed E-state index contributed by atoms with van der Waals surface area (Å²) in [4.78, 5) is 21.8. The molecule has 1 aliphatic rings. The van der Waals surface area contributed by atoms with Crippen LogP contribution in [0.15, 0.2) is 16.8 Å². The van der Waals surface area contributed by atoms with Gasteiger partial charge < -0.3 is 5.32 Å². The highest BCUT2D eigenvalue weighted by Gasteiger charge is 2.30. The van der Waals surface area contributed by atoms with Gasteiger partial charge in [0.1, 0.15) is 6.04 Å². The highest BCUT2D eigenvalue weighted by Crippen LogP contribution is 2.18. The molecule has 2 N–H and O–H groups in total. The summed E-state index contributed by atoms with van der Waals surface area (Å²) < 4.78 is 0. The van der Waals surface area contributed by atoms with Crippen molar-refractivity contribution < 1.29 is 9.59 Å². The van der Waals surface area contributed by atoms with Crippen LogP contribution < -0.4 is 10.6 Å². The van der Waals surface area contributed by atoms with Gasteiger partial charge in [0, 0.05) is 0 Å². The van der Waals surface area contributed by atoms with Crippen LogP contribution in [0.1, 0.15) is 11.6 Å². The standard InChI is InChI=1S/C7H6N2O2S/c10-6-5(8-7(11)9-6)4-1-2-12-3-4/h1-3,5H,(H2,8,9,10,11). The summed E-state index contributed by atoms with van der Waals surface area (Å²) in [7, 11) is 0. The minimum absolute atomic E-state index is 0.279. The molecular formula is C7H6N2O2S.